The number of aromatic nitrogens is 2. The summed E-state index contributed by atoms with van der Waals surface area (Å²) in [6.45, 7) is 10.2. The van der Waals surface area contributed by atoms with Crippen molar-refractivity contribution in [3.8, 4) is 0 Å². The molecule has 4 heteroatoms. The summed E-state index contributed by atoms with van der Waals surface area (Å²) in [4.78, 5) is 10.2. The van der Waals surface area contributed by atoms with Gasteiger partial charge in [-0.2, -0.15) is 0 Å². The predicted molar refractivity (Wildman–Crippen MR) is 87.3 cm³/mol. The van der Waals surface area contributed by atoms with E-state index in [9.17, 15) is 0 Å². The van der Waals surface area contributed by atoms with E-state index in [1.165, 1.54) is 36.9 Å². The molecule has 21 heavy (non-hydrogen) atoms. The first-order valence-electron chi connectivity index (χ1n) is 7.93. The van der Waals surface area contributed by atoms with Crippen molar-refractivity contribution in [2.75, 3.05) is 13.1 Å². The van der Waals surface area contributed by atoms with Gasteiger partial charge in [-0.15, -0.1) is 0 Å². The van der Waals surface area contributed by atoms with Crippen LogP contribution in [0.2, 0.25) is 0 Å². The molecule has 1 aliphatic heterocycles. The molecule has 0 radical (unpaired) electrons. The molecule has 3 heterocycles. The van der Waals surface area contributed by atoms with Gasteiger partial charge in [-0.25, -0.2) is 4.98 Å². The summed E-state index contributed by atoms with van der Waals surface area (Å²) < 4.78 is 0. The van der Waals surface area contributed by atoms with Crippen LogP contribution in [-0.2, 0) is 6.54 Å². The highest BCUT2D eigenvalue weighted by molar-refractivity contribution is 5.79. The van der Waals surface area contributed by atoms with Crippen molar-refractivity contribution in [3.63, 3.8) is 0 Å². The van der Waals surface area contributed by atoms with Crippen molar-refractivity contribution in [1.82, 2.24) is 20.2 Å². The maximum atomic E-state index is 4.34. The topological polar surface area (TPSA) is 44.0 Å². The van der Waals surface area contributed by atoms with E-state index in [1.54, 1.807) is 0 Å². The number of likely N-dealkylation sites (tertiary alicyclic amines) is 1. The molecule has 4 nitrogen and oxygen atoms in total. The second-order valence-corrected chi connectivity index (χ2v) is 7.03. The Morgan fingerprint density at radius 3 is 2.81 bits per heavy atom. The molecule has 2 aromatic rings. The van der Waals surface area contributed by atoms with E-state index in [2.05, 4.69) is 53.2 Å². The molecule has 1 saturated heterocycles. The third-order valence-corrected chi connectivity index (χ3v) is 4.56. The second kappa shape index (κ2) is 5.78. The number of hydrogen-bond acceptors (Lipinski definition) is 3. The van der Waals surface area contributed by atoms with Gasteiger partial charge in [0.25, 0.3) is 0 Å². The molecule has 0 atom stereocenters. The zero-order valence-electron chi connectivity index (χ0n) is 13.3. The first-order valence-corrected chi connectivity index (χ1v) is 7.93. The molecule has 2 aromatic heterocycles. The Balaban J connectivity index is 1.55. The van der Waals surface area contributed by atoms with E-state index >= 15 is 0 Å². The van der Waals surface area contributed by atoms with E-state index in [-0.39, 0.29) is 0 Å². The van der Waals surface area contributed by atoms with Crippen LogP contribution in [0.25, 0.3) is 11.0 Å². The molecule has 0 spiro atoms. The highest BCUT2D eigenvalue weighted by atomic mass is 15.2. The Kier molecular flexibility index (Phi) is 4.00. The van der Waals surface area contributed by atoms with Gasteiger partial charge in [0.05, 0.1) is 0 Å². The third kappa shape index (κ3) is 3.27. The lowest BCUT2D eigenvalue weighted by Gasteiger charge is -2.41. The molecule has 3 rings (SSSR count). The monoisotopic (exact) mass is 286 g/mol. The molecular formula is C17H26N4. The molecule has 0 amide bonds. The average molecular weight is 286 g/mol. The zero-order chi connectivity index (χ0) is 14.9. The van der Waals surface area contributed by atoms with Crippen molar-refractivity contribution < 1.29 is 0 Å². The van der Waals surface area contributed by atoms with Gasteiger partial charge in [-0.1, -0.05) is 0 Å². The van der Waals surface area contributed by atoms with E-state index in [0.29, 0.717) is 11.6 Å². The fraction of sp³-hybridized carbons (Fsp3) is 0.588. The molecule has 0 unspecified atom stereocenters. The van der Waals surface area contributed by atoms with Crippen LogP contribution in [0.3, 0.4) is 0 Å². The quantitative estimate of drug-likeness (QED) is 0.912. The van der Waals surface area contributed by atoms with E-state index in [4.69, 9.17) is 0 Å². The Morgan fingerprint density at radius 2 is 2.10 bits per heavy atom. The van der Waals surface area contributed by atoms with Gasteiger partial charge in [-0.05, 0) is 51.3 Å². The van der Waals surface area contributed by atoms with Gasteiger partial charge in [0.2, 0.25) is 0 Å². The van der Waals surface area contributed by atoms with Gasteiger partial charge >= 0.3 is 0 Å². The van der Waals surface area contributed by atoms with Crippen molar-refractivity contribution in [3.05, 3.63) is 30.1 Å². The van der Waals surface area contributed by atoms with Gasteiger partial charge < -0.3 is 10.3 Å². The summed E-state index contributed by atoms with van der Waals surface area (Å²) in [5.74, 6) is 0. The molecule has 1 fully saturated rings. The second-order valence-electron chi connectivity index (χ2n) is 7.03. The van der Waals surface area contributed by atoms with Crippen molar-refractivity contribution >= 4 is 11.0 Å². The van der Waals surface area contributed by atoms with E-state index in [0.717, 1.165) is 12.2 Å². The van der Waals surface area contributed by atoms with Crippen LogP contribution >= 0.6 is 0 Å². The molecule has 0 bridgehead atoms. The normalized spacial score (nSPS) is 18.4. The molecular weight excluding hydrogens is 260 g/mol. The summed E-state index contributed by atoms with van der Waals surface area (Å²) in [5.41, 5.74) is 2.60. The van der Waals surface area contributed by atoms with Gasteiger partial charge in [0.1, 0.15) is 5.65 Å². The lowest BCUT2D eigenvalue weighted by molar-refractivity contribution is 0.0960. The van der Waals surface area contributed by atoms with Crippen LogP contribution in [-0.4, -0.2) is 39.5 Å². The Bertz CT molecular complexity index is 588. The van der Waals surface area contributed by atoms with Crippen molar-refractivity contribution in [2.45, 2.75) is 51.7 Å². The molecule has 0 aromatic carbocycles. The van der Waals surface area contributed by atoms with Crippen molar-refractivity contribution in [2.24, 2.45) is 0 Å². The van der Waals surface area contributed by atoms with Crippen LogP contribution in [0.4, 0.5) is 0 Å². The number of rotatable bonds is 3. The molecule has 0 aliphatic carbocycles. The van der Waals surface area contributed by atoms with E-state index < -0.39 is 0 Å². The Morgan fingerprint density at radius 1 is 1.33 bits per heavy atom. The summed E-state index contributed by atoms with van der Waals surface area (Å²) in [6.07, 6.45) is 6.38. The first kappa shape index (κ1) is 14.5. The number of piperidine rings is 1. The largest absolute Gasteiger partial charge is 0.346 e. The highest BCUT2D eigenvalue weighted by Crippen LogP contribution is 2.21. The predicted octanol–water partition coefficient (Wildman–Crippen LogP) is 2.92. The van der Waals surface area contributed by atoms with Gasteiger partial charge in [0.15, 0.2) is 0 Å². The molecule has 0 saturated carbocycles. The first-order chi connectivity index (χ1) is 10.0. The lowest BCUT2D eigenvalue weighted by Crippen LogP contribution is -2.49. The Hall–Kier alpha value is -1.39. The average Bonchev–Trinajstić information content (AvgIpc) is 2.88. The van der Waals surface area contributed by atoms with Crippen LogP contribution in [0, 0.1) is 0 Å². The summed E-state index contributed by atoms with van der Waals surface area (Å²) in [6, 6.07) is 4.77. The SMILES string of the molecule is CC(C)(C)N1CCC(NCc2c[nH]c3ncccc23)CC1. The Labute approximate surface area is 126 Å². The summed E-state index contributed by atoms with van der Waals surface area (Å²) in [7, 11) is 0. The lowest BCUT2D eigenvalue weighted by atomic mass is 9.98. The molecule has 114 valence electrons. The van der Waals surface area contributed by atoms with Crippen LogP contribution in [0.5, 0.6) is 0 Å². The summed E-state index contributed by atoms with van der Waals surface area (Å²) in [5, 5.41) is 4.95. The highest BCUT2D eigenvalue weighted by Gasteiger charge is 2.26. The fourth-order valence-electron chi connectivity index (χ4n) is 3.17. The van der Waals surface area contributed by atoms with Crippen LogP contribution in [0.15, 0.2) is 24.5 Å². The molecule has 1 aliphatic rings. The minimum atomic E-state index is 0.299. The smallest absolute Gasteiger partial charge is 0.137 e. The number of nitrogens with zero attached hydrogens (tertiary/aromatic N) is 2. The minimum Gasteiger partial charge on any atom is -0.346 e. The van der Waals surface area contributed by atoms with Gasteiger partial charge in [-0.3, -0.25) is 4.90 Å². The number of nitrogens with one attached hydrogen (secondary N) is 2. The third-order valence-electron chi connectivity index (χ3n) is 4.56. The van der Waals surface area contributed by atoms with Crippen molar-refractivity contribution in [1.29, 1.82) is 0 Å². The number of H-pyrrole nitrogens is 1. The molecule has 2 N–H and O–H groups in total. The van der Waals surface area contributed by atoms with Crippen LogP contribution in [0.1, 0.15) is 39.2 Å². The number of pyridine rings is 1. The number of aromatic amines is 1. The fourth-order valence-corrected chi connectivity index (χ4v) is 3.17. The van der Waals surface area contributed by atoms with E-state index in [1.807, 2.05) is 12.3 Å². The van der Waals surface area contributed by atoms with Crippen LogP contribution < -0.4 is 5.32 Å². The minimum absolute atomic E-state index is 0.299. The zero-order valence-corrected chi connectivity index (χ0v) is 13.3. The number of fused-ring (bicyclic) bond motifs is 1. The summed E-state index contributed by atoms with van der Waals surface area (Å²) >= 11 is 0. The standard InChI is InChI=1S/C17H26N4/c1-17(2,3)21-9-6-14(7-10-21)19-11-13-12-20-16-15(13)5-4-8-18-16/h4-5,8,12,14,19H,6-7,9-11H2,1-3H3,(H,18,20). The maximum Gasteiger partial charge on any atom is 0.137 e. The van der Waals surface area contributed by atoms with Gasteiger partial charge in [0, 0.05) is 49.0 Å². The number of hydrogen-bond donors (Lipinski definition) is 2. The maximum absolute atomic E-state index is 4.34.